The van der Waals surface area contributed by atoms with Crippen LogP contribution in [0.3, 0.4) is 0 Å². The minimum atomic E-state index is -0.414. The first-order valence-electron chi connectivity index (χ1n) is 6.54. The topological polar surface area (TPSA) is 32.3 Å². The van der Waals surface area contributed by atoms with Crippen LogP contribution >= 0.6 is 0 Å². The molecule has 1 aliphatic carbocycles. The van der Waals surface area contributed by atoms with Gasteiger partial charge in [0.25, 0.3) is 0 Å². The summed E-state index contributed by atoms with van der Waals surface area (Å²) in [5, 5.41) is 13.4. The van der Waals surface area contributed by atoms with Crippen LogP contribution in [0.4, 0.5) is 5.69 Å². The molecule has 2 rings (SSSR count). The zero-order chi connectivity index (χ0) is 12.5. The van der Waals surface area contributed by atoms with E-state index in [0.29, 0.717) is 11.5 Å². The average Bonchev–Trinajstić information content (AvgIpc) is 2.59. The molecule has 0 aromatic heterocycles. The monoisotopic (exact) mass is 233 g/mol. The Morgan fingerprint density at radius 3 is 2.65 bits per heavy atom. The summed E-state index contributed by atoms with van der Waals surface area (Å²) in [6, 6.07) is 8.58. The molecule has 17 heavy (non-hydrogen) atoms. The first-order valence-corrected chi connectivity index (χ1v) is 6.54. The van der Waals surface area contributed by atoms with Gasteiger partial charge in [0.05, 0.1) is 6.10 Å². The molecule has 0 heterocycles. The van der Waals surface area contributed by atoms with Gasteiger partial charge >= 0.3 is 0 Å². The molecule has 0 radical (unpaired) electrons. The molecule has 1 aromatic carbocycles. The summed E-state index contributed by atoms with van der Waals surface area (Å²) in [5.41, 5.74) is 2.43. The number of aliphatic hydroxyl groups is 1. The number of hydrogen-bond donors (Lipinski definition) is 2. The second kappa shape index (κ2) is 4.69. The molecule has 0 amide bonds. The molecule has 1 aliphatic rings. The predicted octanol–water partition coefficient (Wildman–Crippen LogP) is 3.73. The van der Waals surface area contributed by atoms with Gasteiger partial charge in [0, 0.05) is 17.3 Å². The van der Waals surface area contributed by atoms with E-state index in [1.54, 1.807) is 0 Å². The van der Waals surface area contributed by atoms with Crippen molar-refractivity contribution in [2.75, 3.05) is 5.32 Å². The minimum Gasteiger partial charge on any atom is -0.389 e. The van der Waals surface area contributed by atoms with E-state index >= 15 is 0 Å². The van der Waals surface area contributed by atoms with Crippen molar-refractivity contribution < 1.29 is 5.11 Å². The average molecular weight is 233 g/mol. The van der Waals surface area contributed by atoms with Gasteiger partial charge in [0.2, 0.25) is 0 Å². The van der Waals surface area contributed by atoms with Gasteiger partial charge in [0.15, 0.2) is 0 Å². The quantitative estimate of drug-likeness (QED) is 0.833. The fourth-order valence-corrected chi connectivity index (χ4v) is 2.77. The summed E-state index contributed by atoms with van der Waals surface area (Å²) < 4.78 is 0. The fraction of sp³-hybridized carbons (Fsp3) is 0.600. The normalized spacial score (nSPS) is 24.6. The molecule has 2 nitrogen and oxygen atoms in total. The molecule has 1 fully saturated rings. The maximum atomic E-state index is 9.77. The van der Waals surface area contributed by atoms with Crippen molar-refractivity contribution in [1.82, 2.24) is 0 Å². The summed E-state index contributed by atoms with van der Waals surface area (Å²) in [6.07, 6.45) is 3.38. The number of para-hydroxylation sites is 1. The predicted molar refractivity (Wildman–Crippen MR) is 72.1 cm³/mol. The van der Waals surface area contributed by atoms with Crippen LogP contribution in [0, 0.1) is 5.41 Å². The van der Waals surface area contributed by atoms with Crippen molar-refractivity contribution in [2.45, 2.75) is 52.2 Å². The number of hydrogen-bond acceptors (Lipinski definition) is 2. The van der Waals surface area contributed by atoms with E-state index in [2.05, 4.69) is 25.2 Å². The zero-order valence-electron chi connectivity index (χ0n) is 11.0. The minimum absolute atomic E-state index is 0.353. The smallest absolute Gasteiger partial charge is 0.0781 e. The molecule has 0 bridgehead atoms. The number of anilines is 1. The van der Waals surface area contributed by atoms with Gasteiger partial charge in [-0.3, -0.25) is 0 Å². The third-order valence-electron chi connectivity index (χ3n) is 4.00. The lowest BCUT2D eigenvalue weighted by Crippen LogP contribution is -2.31. The van der Waals surface area contributed by atoms with Gasteiger partial charge in [0.1, 0.15) is 0 Å². The largest absolute Gasteiger partial charge is 0.389 e. The van der Waals surface area contributed by atoms with Crippen molar-refractivity contribution in [2.24, 2.45) is 5.41 Å². The second-order valence-electron chi connectivity index (χ2n) is 5.84. The molecule has 94 valence electrons. The molecule has 2 N–H and O–H groups in total. The Morgan fingerprint density at radius 1 is 1.35 bits per heavy atom. The highest BCUT2D eigenvalue weighted by molar-refractivity contribution is 5.53. The molecule has 0 spiro atoms. The highest BCUT2D eigenvalue weighted by Gasteiger charge is 2.34. The Kier molecular flexibility index (Phi) is 3.43. The van der Waals surface area contributed by atoms with Crippen molar-refractivity contribution in [1.29, 1.82) is 0 Å². The van der Waals surface area contributed by atoms with Gasteiger partial charge in [-0.1, -0.05) is 38.5 Å². The van der Waals surface area contributed by atoms with Gasteiger partial charge in [-0.15, -0.1) is 0 Å². The number of benzene rings is 1. The Morgan fingerprint density at radius 2 is 2.06 bits per heavy atom. The Labute approximate surface area is 104 Å². The second-order valence-corrected chi connectivity index (χ2v) is 5.84. The summed E-state index contributed by atoms with van der Waals surface area (Å²) in [6.45, 7) is 6.46. The van der Waals surface area contributed by atoms with Crippen LogP contribution in [0.15, 0.2) is 24.3 Å². The Bertz CT molecular complexity index is 384. The Hall–Kier alpha value is -1.02. The van der Waals surface area contributed by atoms with Crippen LogP contribution in [0.5, 0.6) is 0 Å². The van der Waals surface area contributed by atoms with Crippen LogP contribution in [0.25, 0.3) is 0 Å². The first-order chi connectivity index (χ1) is 8.00. The SMILES string of the molecule is CC(O)c1ccccc1NC1CCCC1(C)C. The van der Waals surface area contributed by atoms with E-state index in [-0.39, 0.29) is 0 Å². The number of rotatable bonds is 3. The van der Waals surface area contributed by atoms with Crippen molar-refractivity contribution in [3.63, 3.8) is 0 Å². The molecule has 1 aromatic rings. The van der Waals surface area contributed by atoms with Crippen LogP contribution < -0.4 is 5.32 Å². The zero-order valence-corrected chi connectivity index (χ0v) is 11.0. The highest BCUT2D eigenvalue weighted by Crippen LogP contribution is 2.39. The number of nitrogens with one attached hydrogen (secondary N) is 1. The Balaban J connectivity index is 2.19. The number of aliphatic hydroxyl groups excluding tert-OH is 1. The van der Waals surface area contributed by atoms with E-state index in [0.717, 1.165) is 11.3 Å². The molecule has 1 saturated carbocycles. The van der Waals surface area contributed by atoms with E-state index in [1.807, 2.05) is 25.1 Å². The summed E-state index contributed by atoms with van der Waals surface area (Å²) in [5.74, 6) is 0. The van der Waals surface area contributed by atoms with Crippen LogP contribution in [-0.2, 0) is 0 Å². The van der Waals surface area contributed by atoms with E-state index < -0.39 is 6.10 Å². The van der Waals surface area contributed by atoms with E-state index in [1.165, 1.54) is 19.3 Å². The van der Waals surface area contributed by atoms with Gasteiger partial charge in [-0.25, -0.2) is 0 Å². The summed E-state index contributed by atoms with van der Waals surface area (Å²) >= 11 is 0. The lowest BCUT2D eigenvalue weighted by Gasteiger charge is -2.30. The molecule has 2 unspecified atom stereocenters. The summed E-state index contributed by atoms with van der Waals surface area (Å²) in [4.78, 5) is 0. The third-order valence-corrected chi connectivity index (χ3v) is 4.00. The molecule has 0 aliphatic heterocycles. The highest BCUT2D eigenvalue weighted by atomic mass is 16.3. The van der Waals surface area contributed by atoms with Gasteiger partial charge < -0.3 is 10.4 Å². The van der Waals surface area contributed by atoms with E-state index in [4.69, 9.17) is 0 Å². The fourth-order valence-electron chi connectivity index (χ4n) is 2.77. The van der Waals surface area contributed by atoms with Gasteiger partial charge in [-0.05, 0) is 31.2 Å². The lowest BCUT2D eigenvalue weighted by molar-refractivity contribution is 0.199. The standard InChI is InChI=1S/C15H23NO/c1-11(17)12-7-4-5-8-13(12)16-14-9-6-10-15(14,2)3/h4-5,7-8,11,14,16-17H,6,9-10H2,1-3H3. The molecular weight excluding hydrogens is 210 g/mol. The molecule has 2 atom stereocenters. The van der Waals surface area contributed by atoms with Crippen LogP contribution in [-0.4, -0.2) is 11.1 Å². The third kappa shape index (κ3) is 2.63. The maximum absolute atomic E-state index is 9.77. The van der Waals surface area contributed by atoms with Crippen LogP contribution in [0.2, 0.25) is 0 Å². The van der Waals surface area contributed by atoms with Gasteiger partial charge in [-0.2, -0.15) is 0 Å². The van der Waals surface area contributed by atoms with Crippen LogP contribution in [0.1, 0.15) is 51.7 Å². The van der Waals surface area contributed by atoms with Crippen molar-refractivity contribution in [3.05, 3.63) is 29.8 Å². The molecular formula is C15H23NO. The maximum Gasteiger partial charge on any atom is 0.0781 e. The molecule has 2 heteroatoms. The van der Waals surface area contributed by atoms with Crippen molar-refractivity contribution >= 4 is 5.69 Å². The van der Waals surface area contributed by atoms with E-state index in [9.17, 15) is 5.11 Å². The lowest BCUT2D eigenvalue weighted by atomic mass is 9.87. The summed E-state index contributed by atoms with van der Waals surface area (Å²) in [7, 11) is 0. The molecule has 0 saturated heterocycles. The van der Waals surface area contributed by atoms with Crippen molar-refractivity contribution in [3.8, 4) is 0 Å². The first kappa shape index (κ1) is 12.4.